The molecule has 0 spiro atoms. The Kier molecular flexibility index (Phi) is 6.67. The Morgan fingerprint density at radius 2 is 2.00 bits per heavy atom. The van der Waals surface area contributed by atoms with Gasteiger partial charge in [0.1, 0.15) is 0 Å². The van der Waals surface area contributed by atoms with Crippen molar-refractivity contribution < 1.29 is 23.4 Å². The summed E-state index contributed by atoms with van der Waals surface area (Å²) >= 11 is 0. The molecule has 3 N–H and O–H groups in total. The van der Waals surface area contributed by atoms with E-state index in [0.717, 1.165) is 12.8 Å². The van der Waals surface area contributed by atoms with Gasteiger partial charge < -0.3 is 20.3 Å². The van der Waals surface area contributed by atoms with Crippen LogP contribution in [0.25, 0.3) is 0 Å². The molecule has 0 bridgehead atoms. The molecule has 2 unspecified atom stereocenters. The van der Waals surface area contributed by atoms with E-state index in [9.17, 15) is 13.9 Å². The second-order valence-corrected chi connectivity index (χ2v) is 4.52. The van der Waals surface area contributed by atoms with E-state index < -0.39 is 12.7 Å². The van der Waals surface area contributed by atoms with Crippen LogP contribution in [0.5, 0.6) is 11.5 Å². The van der Waals surface area contributed by atoms with Crippen LogP contribution in [0, 0.1) is 5.92 Å². The summed E-state index contributed by atoms with van der Waals surface area (Å²) in [5, 5.41) is 10.3. The Labute approximate surface area is 117 Å². The van der Waals surface area contributed by atoms with E-state index in [-0.39, 0.29) is 17.4 Å². The lowest BCUT2D eigenvalue weighted by molar-refractivity contribution is -0.0514. The summed E-state index contributed by atoms with van der Waals surface area (Å²) in [7, 11) is 1.36. The van der Waals surface area contributed by atoms with Crippen molar-refractivity contribution in [1.82, 2.24) is 0 Å². The first kappa shape index (κ1) is 16.7. The molecule has 1 aromatic rings. The third-order valence-corrected chi connectivity index (χ3v) is 3.15. The first-order valence-corrected chi connectivity index (χ1v) is 6.54. The minimum atomic E-state index is -2.95. The van der Waals surface area contributed by atoms with Crippen molar-refractivity contribution in [3.8, 4) is 11.5 Å². The van der Waals surface area contributed by atoms with Gasteiger partial charge in [-0.1, -0.05) is 19.4 Å². The van der Waals surface area contributed by atoms with Gasteiger partial charge in [-0.25, -0.2) is 0 Å². The summed E-state index contributed by atoms with van der Waals surface area (Å²) < 4.78 is 34.1. The zero-order valence-corrected chi connectivity index (χ0v) is 11.7. The van der Waals surface area contributed by atoms with Gasteiger partial charge in [0.2, 0.25) is 0 Å². The molecule has 0 saturated heterocycles. The number of hydrogen-bond acceptors (Lipinski definition) is 4. The summed E-state index contributed by atoms with van der Waals surface area (Å²) in [5.41, 5.74) is 6.13. The maximum Gasteiger partial charge on any atom is 0.387 e. The molecule has 0 aliphatic heterocycles. The van der Waals surface area contributed by atoms with Crippen molar-refractivity contribution in [2.24, 2.45) is 11.7 Å². The standard InChI is InChI=1S/C14H21F2NO3/c1-3-4-10(8-17)13(18)9-5-6-11(19-2)12(7-9)20-14(15)16/h5-7,10,13-14,18H,3-4,8,17H2,1-2H3. The van der Waals surface area contributed by atoms with Crippen molar-refractivity contribution in [2.45, 2.75) is 32.5 Å². The first-order valence-electron chi connectivity index (χ1n) is 6.54. The monoisotopic (exact) mass is 289 g/mol. The fourth-order valence-corrected chi connectivity index (χ4v) is 2.11. The minimum absolute atomic E-state index is 0.0914. The highest BCUT2D eigenvalue weighted by atomic mass is 19.3. The van der Waals surface area contributed by atoms with Crippen LogP contribution in [0.4, 0.5) is 8.78 Å². The molecule has 6 heteroatoms. The maximum absolute atomic E-state index is 12.4. The minimum Gasteiger partial charge on any atom is -0.493 e. The number of methoxy groups -OCH3 is 1. The number of aliphatic hydroxyl groups excluding tert-OH is 1. The number of aliphatic hydroxyl groups is 1. The molecule has 0 amide bonds. The lowest BCUT2D eigenvalue weighted by Crippen LogP contribution is -2.22. The Morgan fingerprint density at radius 3 is 2.50 bits per heavy atom. The molecular formula is C14H21F2NO3. The van der Waals surface area contributed by atoms with Gasteiger partial charge in [-0.15, -0.1) is 0 Å². The molecule has 2 atom stereocenters. The van der Waals surface area contributed by atoms with Gasteiger partial charge in [0.25, 0.3) is 0 Å². The fourth-order valence-electron chi connectivity index (χ4n) is 2.11. The normalized spacial score (nSPS) is 14.2. The summed E-state index contributed by atoms with van der Waals surface area (Å²) in [4.78, 5) is 0. The zero-order chi connectivity index (χ0) is 15.1. The van der Waals surface area contributed by atoms with E-state index in [1.54, 1.807) is 6.07 Å². The average Bonchev–Trinajstić information content (AvgIpc) is 2.43. The number of rotatable bonds is 8. The molecule has 0 radical (unpaired) electrons. The van der Waals surface area contributed by atoms with E-state index in [2.05, 4.69) is 4.74 Å². The second kappa shape index (κ2) is 8.01. The van der Waals surface area contributed by atoms with Crippen molar-refractivity contribution in [1.29, 1.82) is 0 Å². The lowest BCUT2D eigenvalue weighted by atomic mass is 9.92. The molecule has 0 aliphatic rings. The third-order valence-electron chi connectivity index (χ3n) is 3.15. The molecule has 0 heterocycles. The molecule has 4 nitrogen and oxygen atoms in total. The van der Waals surface area contributed by atoms with E-state index in [4.69, 9.17) is 10.5 Å². The Morgan fingerprint density at radius 1 is 1.30 bits per heavy atom. The number of hydrogen-bond donors (Lipinski definition) is 2. The van der Waals surface area contributed by atoms with Crippen LogP contribution < -0.4 is 15.2 Å². The van der Waals surface area contributed by atoms with Crippen LogP contribution in [0.15, 0.2) is 18.2 Å². The summed E-state index contributed by atoms with van der Waals surface area (Å²) in [6.45, 7) is -0.627. The SMILES string of the molecule is CCCC(CN)C(O)c1ccc(OC)c(OC(F)F)c1. The van der Waals surface area contributed by atoms with E-state index in [1.807, 2.05) is 6.92 Å². The third kappa shape index (κ3) is 4.31. The predicted molar refractivity (Wildman–Crippen MR) is 72.0 cm³/mol. The molecule has 114 valence electrons. The van der Waals surface area contributed by atoms with Crippen molar-refractivity contribution in [2.75, 3.05) is 13.7 Å². The van der Waals surface area contributed by atoms with Gasteiger partial charge in [-0.05, 0) is 30.7 Å². The van der Waals surface area contributed by atoms with Crippen molar-refractivity contribution in [3.63, 3.8) is 0 Å². The summed E-state index contributed by atoms with van der Waals surface area (Å²) in [5.74, 6) is -0.0137. The molecule has 0 fully saturated rings. The van der Waals surface area contributed by atoms with E-state index in [1.165, 1.54) is 19.2 Å². The fraction of sp³-hybridized carbons (Fsp3) is 0.571. The second-order valence-electron chi connectivity index (χ2n) is 4.52. The summed E-state index contributed by atoms with van der Waals surface area (Å²) in [6, 6.07) is 4.49. The van der Waals surface area contributed by atoms with Gasteiger partial charge >= 0.3 is 6.61 Å². The Hall–Kier alpha value is -1.40. The maximum atomic E-state index is 12.4. The highest BCUT2D eigenvalue weighted by molar-refractivity contribution is 5.43. The number of nitrogens with two attached hydrogens (primary N) is 1. The Bertz CT molecular complexity index is 415. The van der Waals surface area contributed by atoms with E-state index in [0.29, 0.717) is 12.1 Å². The molecule has 1 aromatic carbocycles. The van der Waals surface area contributed by atoms with Crippen LogP contribution >= 0.6 is 0 Å². The first-order chi connectivity index (χ1) is 9.53. The van der Waals surface area contributed by atoms with Crippen LogP contribution in [0.1, 0.15) is 31.4 Å². The van der Waals surface area contributed by atoms with Gasteiger partial charge in [0, 0.05) is 5.92 Å². The molecule has 0 saturated carbocycles. The lowest BCUT2D eigenvalue weighted by Gasteiger charge is -2.22. The van der Waals surface area contributed by atoms with Crippen molar-refractivity contribution >= 4 is 0 Å². The Balaban J connectivity index is 3.00. The summed E-state index contributed by atoms with van der Waals surface area (Å²) in [6.07, 6.45) is 0.829. The molecule has 0 aliphatic carbocycles. The molecule has 1 rings (SSSR count). The number of alkyl halides is 2. The van der Waals surface area contributed by atoms with Crippen LogP contribution in [-0.2, 0) is 0 Å². The highest BCUT2D eigenvalue weighted by Gasteiger charge is 2.21. The van der Waals surface area contributed by atoms with Gasteiger partial charge in [0.05, 0.1) is 13.2 Å². The van der Waals surface area contributed by atoms with E-state index >= 15 is 0 Å². The van der Waals surface area contributed by atoms with Crippen LogP contribution in [-0.4, -0.2) is 25.4 Å². The van der Waals surface area contributed by atoms with Crippen LogP contribution in [0.3, 0.4) is 0 Å². The predicted octanol–water partition coefficient (Wildman–Crippen LogP) is 2.71. The van der Waals surface area contributed by atoms with Crippen molar-refractivity contribution in [3.05, 3.63) is 23.8 Å². The quantitative estimate of drug-likeness (QED) is 0.772. The number of halogens is 2. The van der Waals surface area contributed by atoms with Gasteiger partial charge in [-0.3, -0.25) is 0 Å². The topological polar surface area (TPSA) is 64.7 Å². The zero-order valence-electron chi connectivity index (χ0n) is 11.7. The average molecular weight is 289 g/mol. The number of ether oxygens (including phenoxy) is 2. The highest BCUT2D eigenvalue weighted by Crippen LogP contribution is 2.34. The largest absolute Gasteiger partial charge is 0.493 e. The molecule has 0 aromatic heterocycles. The number of benzene rings is 1. The molecular weight excluding hydrogens is 268 g/mol. The van der Waals surface area contributed by atoms with Gasteiger partial charge in [-0.2, -0.15) is 8.78 Å². The van der Waals surface area contributed by atoms with Gasteiger partial charge in [0.15, 0.2) is 11.5 Å². The smallest absolute Gasteiger partial charge is 0.387 e. The van der Waals surface area contributed by atoms with Crippen LogP contribution in [0.2, 0.25) is 0 Å². The molecule has 20 heavy (non-hydrogen) atoms.